The molecule has 62 valence electrons. The van der Waals surface area contributed by atoms with E-state index >= 15 is 0 Å². The number of amides is 1. The number of carbonyl (C=O) groups excluding carboxylic acids is 1. The molecular weight excluding hydrogens is 154 g/mol. The van der Waals surface area contributed by atoms with Gasteiger partial charge in [0.15, 0.2) is 0 Å². The van der Waals surface area contributed by atoms with Gasteiger partial charge < -0.3 is 10.6 Å². The molecule has 1 aromatic heterocycles. The normalized spacial score (nSPS) is 15.1. The Morgan fingerprint density at radius 1 is 1.67 bits per heavy atom. The van der Waals surface area contributed by atoms with E-state index in [4.69, 9.17) is 5.73 Å². The Labute approximate surface area is 70.0 Å². The predicted molar refractivity (Wildman–Crippen MR) is 45.8 cm³/mol. The topological polar surface area (TPSA) is 59.2 Å². The third-order valence-corrected chi connectivity index (χ3v) is 2.13. The van der Waals surface area contributed by atoms with E-state index < -0.39 is 0 Å². The zero-order valence-corrected chi connectivity index (χ0v) is 6.74. The Morgan fingerprint density at radius 3 is 3.08 bits per heavy atom. The van der Waals surface area contributed by atoms with Crippen LogP contribution in [-0.4, -0.2) is 17.9 Å². The van der Waals surface area contributed by atoms with Crippen LogP contribution in [0.2, 0.25) is 0 Å². The van der Waals surface area contributed by atoms with Crippen molar-refractivity contribution in [1.29, 1.82) is 0 Å². The van der Waals surface area contributed by atoms with Crippen LogP contribution in [0.5, 0.6) is 0 Å². The minimum Gasteiger partial charge on any atom is -0.383 e. The van der Waals surface area contributed by atoms with Crippen LogP contribution >= 0.6 is 0 Å². The number of hydrogen-bond donors (Lipinski definition) is 1. The maximum atomic E-state index is 11.2. The molecule has 1 aliphatic rings. The van der Waals surface area contributed by atoms with Gasteiger partial charge in [0, 0.05) is 18.8 Å². The van der Waals surface area contributed by atoms with Crippen molar-refractivity contribution in [3.05, 3.63) is 17.8 Å². The summed E-state index contributed by atoms with van der Waals surface area (Å²) in [6, 6.07) is 1.80. The van der Waals surface area contributed by atoms with Crippen LogP contribution in [-0.2, 0) is 11.2 Å². The lowest BCUT2D eigenvalue weighted by Crippen LogP contribution is -2.20. The second kappa shape index (κ2) is 2.20. The van der Waals surface area contributed by atoms with Gasteiger partial charge in [0.1, 0.15) is 5.82 Å². The molecule has 4 nitrogen and oxygen atoms in total. The SMILES string of the molecule is CN1C(=O)Cc2c1ccnc2N. The fourth-order valence-electron chi connectivity index (χ4n) is 1.40. The highest BCUT2D eigenvalue weighted by molar-refractivity contribution is 6.02. The molecule has 0 fully saturated rings. The maximum Gasteiger partial charge on any atom is 0.231 e. The van der Waals surface area contributed by atoms with E-state index in [-0.39, 0.29) is 5.91 Å². The predicted octanol–water partition coefficient (Wildman–Crippen LogP) is 0.183. The molecule has 4 heteroatoms. The summed E-state index contributed by atoms with van der Waals surface area (Å²) in [5.74, 6) is 0.537. The number of pyridine rings is 1. The van der Waals surface area contributed by atoms with Crippen LogP contribution in [0.3, 0.4) is 0 Å². The minimum atomic E-state index is 0.0738. The third kappa shape index (κ3) is 0.777. The first-order chi connectivity index (χ1) is 5.70. The van der Waals surface area contributed by atoms with E-state index in [0.717, 1.165) is 11.3 Å². The number of carbonyl (C=O) groups is 1. The fraction of sp³-hybridized carbons (Fsp3) is 0.250. The first kappa shape index (κ1) is 7.09. The summed E-state index contributed by atoms with van der Waals surface area (Å²) in [5.41, 5.74) is 7.34. The van der Waals surface area contributed by atoms with Crippen molar-refractivity contribution in [3.63, 3.8) is 0 Å². The molecule has 0 aliphatic carbocycles. The third-order valence-electron chi connectivity index (χ3n) is 2.13. The summed E-state index contributed by atoms with van der Waals surface area (Å²) in [6.07, 6.45) is 1.99. The molecular formula is C8H9N3O. The maximum absolute atomic E-state index is 11.2. The van der Waals surface area contributed by atoms with Crippen LogP contribution in [0.25, 0.3) is 0 Å². The lowest BCUT2D eigenvalue weighted by molar-refractivity contribution is -0.117. The largest absolute Gasteiger partial charge is 0.383 e. The first-order valence-electron chi connectivity index (χ1n) is 3.70. The van der Waals surface area contributed by atoms with Crippen molar-refractivity contribution in [3.8, 4) is 0 Å². The van der Waals surface area contributed by atoms with Crippen LogP contribution in [0, 0.1) is 0 Å². The summed E-state index contributed by atoms with van der Waals surface area (Å²) in [6.45, 7) is 0. The van der Waals surface area contributed by atoms with E-state index in [1.54, 1.807) is 24.2 Å². The molecule has 1 aromatic rings. The highest BCUT2D eigenvalue weighted by Crippen LogP contribution is 2.29. The van der Waals surface area contributed by atoms with E-state index in [1.165, 1.54) is 0 Å². The summed E-state index contributed by atoms with van der Waals surface area (Å²) < 4.78 is 0. The average molecular weight is 163 g/mol. The molecule has 0 bridgehead atoms. The van der Waals surface area contributed by atoms with E-state index in [0.29, 0.717) is 12.2 Å². The number of likely N-dealkylation sites (N-methyl/N-ethyl adjacent to an activating group) is 1. The zero-order valence-electron chi connectivity index (χ0n) is 6.74. The van der Waals surface area contributed by atoms with Gasteiger partial charge in [-0.25, -0.2) is 4.98 Å². The van der Waals surface area contributed by atoms with Gasteiger partial charge in [0.2, 0.25) is 5.91 Å². The number of nitrogens with zero attached hydrogens (tertiary/aromatic N) is 2. The number of aromatic nitrogens is 1. The first-order valence-corrected chi connectivity index (χ1v) is 3.70. The highest BCUT2D eigenvalue weighted by atomic mass is 16.2. The molecule has 0 aromatic carbocycles. The van der Waals surface area contributed by atoms with Gasteiger partial charge in [-0.3, -0.25) is 4.79 Å². The van der Waals surface area contributed by atoms with Crippen LogP contribution in [0.4, 0.5) is 11.5 Å². The number of rotatable bonds is 0. The van der Waals surface area contributed by atoms with Gasteiger partial charge >= 0.3 is 0 Å². The van der Waals surface area contributed by atoms with Gasteiger partial charge in [0.05, 0.1) is 12.1 Å². The Morgan fingerprint density at radius 2 is 2.42 bits per heavy atom. The van der Waals surface area contributed by atoms with Crippen molar-refractivity contribution in [2.75, 3.05) is 17.7 Å². The quantitative estimate of drug-likeness (QED) is 0.593. The molecule has 2 heterocycles. The van der Waals surface area contributed by atoms with Gasteiger partial charge in [-0.05, 0) is 6.07 Å². The highest BCUT2D eigenvalue weighted by Gasteiger charge is 2.25. The standard InChI is InChI=1S/C8H9N3O/c1-11-6-2-3-10-8(9)5(6)4-7(11)12/h2-3H,4H2,1H3,(H2,9,10). The molecule has 0 saturated carbocycles. The lowest BCUT2D eigenvalue weighted by atomic mass is 10.2. The number of anilines is 2. The van der Waals surface area contributed by atoms with Gasteiger partial charge in [-0.1, -0.05) is 0 Å². The van der Waals surface area contributed by atoms with Gasteiger partial charge in [-0.15, -0.1) is 0 Å². The molecule has 0 radical (unpaired) electrons. The Kier molecular flexibility index (Phi) is 1.30. The molecule has 2 rings (SSSR count). The lowest BCUT2D eigenvalue weighted by Gasteiger charge is -2.08. The molecule has 2 N–H and O–H groups in total. The van der Waals surface area contributed by atoms with Crippen LogP contribution in [0.15, 0.2) is 12.3 Å². The minimum absolute atomic E-state index is 0.0738. The van der Waals surface area contributed by atoms with E-state index in [2.05, 4.69) is 4.98 Å². The number of nitrogens with two attached hydrogens (primary N) is 1. The number of hydrogen-bond acceptors (Lipinski definition) is 3. The average Bonchev–Trinajstić information content (AvgIpc) is 2.32. The van der Waals surface area contributed by atoms with Crippen LogP contribution < -0.4 is 10.6 Å². The molecule has 0 atom stereocenters. The summed E-state index contributed by atoms with van der Waals surface area (Å²) in [7, 11) is 1.74. The molecule has 1 amide bonds. The summed E-state index contributed by atoms with van der Waals surface area (Å²) in [5, 5.41) is 0. The van der Waals surface area contributed by atoms with E-state index in [1.807, 2.05) is 0 Å². The monoisotopic (exact) mass is 163 g/mol. The Bertz CT molecular complexity index is 348. The van der Waals surface area contributed by atoms with Crippen molar-refractivity contribution in [2.45, 2.75) is 6.42 Å². The van der Waals surface area contributed by atoms with Gasteiger partial charge in [-0.2, -0.15) is 0 Å². The smallest absolute Gasteiger partial charge is 0.231 e. The summed E-state index contributed by atoms with van der Waals surface area (Å²) in [4.78, 5) is 16.7. The van der Waals surface area contributed by atoms with Gasteiger partial charge in [0.25, 0.3) is 0 Å². The second-order valence-corrected chi connectivity index (χ2v) is 2.82. The molecule has 12 heavy (non-hydrogen) atoms. The van der Waals surface area contributed by atoms with Crippen molar-refractivity contribution in [1.82, 2.24) is 4.98 Å². The molecule has 0 spiro atoms. The zero-order chi connectivity index (χ0) is 8.72. The molecule has 1 aliphatic heterocycles. The molecule has 0 unspecified atom stereocenters. The number of nitrogen functional groups attached to an aromatic ring is 1. The summed E-state index contributed by atoms with van der Waals surface area (Å²) >= 11 is 0. The van der Waals surface area contributed by atoms with Crippen molar-refractivity contribution < 1.29 is 4.79 Å². The van der Waals surface area contributed by atoms with Crippen molar-refractivity contribution in [2.24, 2.45) is 0 Å². The Balaban J connectivity index is 2.60. The van der Waals surface area contributed by atoms with E-state index in [9.17, 15) is 4.79 Å². The fourth-order valence-corrected chi connectivity index (χ4v) is 1.40. The Hall–Kier alpha value is -1.58. The number of fused-ring (bicyclic) bond motifs is 1. The molecule has 0 saturated heterocycles. The van der Waals surface area contributed by atoms with Crippen LogP contribution in [0.1, 0.15) is 5.56 Å². The van der Waals surface area contributed by atoms with Crippen molar-refractivity contribution >= 4 is 17.4 Å². The second-order valence-electron chi connectivity index (χ2n) is 2.82.